The molecule has 1 N–H and O–H groups in total. The van der Waals surface area contributed by atoms with Crippen LogP contribution in [0.1, 0.15) is 5.56 Å². The third kappa shape index (κ3) is 1.72. The minimum Gasteiger partial charge on any atom is -0.325 e. The number of nitrogens with one attached hydrogen (secondary N) is 1. The molecule has 0 aliphatic carbocycles. The van der Waals surface area contributed by atoms with Gasteiger partial charge in [0.15, 0.2) is 5.82 Å². The lowest BCUT2D eigenvalue weighted by atomic mass is 10.2. The van der Waals surface area contributed by atoms with E-state index in [0.717, 1.165) is 6.07 Å². The highest BCUT2D eigenvalue weighted by Gasteiger charge is 2.16. The summed E-state index contributed by atoms with van der Waals surface area (Å²) in [7, 11) is 0. The molecule has 1 aromatic carbocycles. The Hall–Kier alpha value is -1.48. The van der Waals surface area contributed by atoms with Gasteiger partial charge in [-0.15, -0.1) is 0 Å². The fourth-order valence-corrected chi connectivity index (χ4v) is 1.37. The third-order valence-electron chi connectivity index (χ3n) is 1.49. The number of carbonyl (C=O) groups excluding carboxylic acids is 1. The van der Waals surface area contributed by atoms with E-state index in [4.69, 9.17) is 5.26 Å². The zero-order valence-corrected chi connectivity index (χ0v) is 8.23. The van der Waals surface area contributed by atoms with Crippen molar-refractivity contribution in [3.8, 4) is 6.07 Å². The van der Waals surface area contributed by atoms with Crippen molar-refractivity contribution < 1.29 is 13.6 Å². The number of carbonyl (C=O) groups is 1. The minimum absolute atomic E-state index is 0.0404. The summed E-state index contributed by atoms with van der Waals surface area (Å²) < 4.78 is 26.2. The lowest BCUT2D eigenvalue weighted by molar-refractivity contribution is -0.105. The van der Waals surface area contributed by atoms with Gasteiger partial charge in [0, 0.05) is 4.47 Å². The van der Waals surface area contributed by atoms with E-state index in [0.29, 0.717) is 0 Å². The molecule has 0 unspecified atom stereocenters. The second-order valence-corrected chi connectivity index (χ2v) is 3.13. The van der Waals surface area contributed by atoms with Crippen molar-refractivity contribution in [3.05, 3.63) is 27.7 Å². The van der Waals surface area contributed by atoms with E-state index in [9.17, 15) is 13.6 Å². The molecule has 0 aromatic heterocycles. The molecule has 3 nitrogen and oxygen atoms in total. The highest BCUT2D eigenvalue weighted by molar-refractivity contribution is 9.10. The molecule has 0 atom stereocenters. The van der Waals surface area contributed by atoms with Gasteiger partial charge in [-0.1, -0.05) is 0 Å². The van der Waals surface area contributed by atoms with Gasteiger partial charge in [-0.05, 0) is 22.0 Å². The van der Waals surface area contributed by atoms with Crippen LogP contribution in [0.25, 0.3) is 0 Å². The first-order valence-electron chi connectivity index (χ1n) is 3.39. The van der Waals surface area contributed by atoms with E-state index < -0.39 is 17.2 Å². The van der Waals surface area contributed by atoms with E-state index >= 15 is 0 Å². The van der Waals surface area contributed by atoms with Gasteiger partial charge in [0.05, 0.1) is 5.69 Å². The number of hydrogen-bond acceptors (Lipinski definition) is 2. The van der Waals surface area contributed by atoms with Gasteiger partial charge in [0.1, 0.15) is 17.4 Å². The zero-order valence-electron chi connectivity index (χ0n) is 6.64. The van der Waals surface area contributed by atoms with Gasteiger partial charge in [-0.2, -0.15) is 5.26 Å². The second kappa shape index (κ2) is 4.15. The van der Waals surface area contributed by atoms with Gasteiger partial charge in [0.25, 0.3) is 0 Å². The zero-order chi connectivity index (χ0) is 10.7. The Kier molecular flexibility index (Phi) is 3.14. The molecule has 14 heavy (non-hydrogen) atoms. The van der Waals surface area contributed by atoms with Crippen LogP contribution in [-0.4, -0.2) is 6.41 Å². The van der Waals surface area contributed by atoms with Crippen molar-refractivity contribution in [2.45, 2.75) is 0 Å². The summed E-state index contributed by atoms with van der Waals surface area (Å²) in [5, 5.41) is 10.4. The Balaban J connectivity index is 3.45. The summed E-state index contributed by atoms with van der Waals surface area (Å²) in [5.41, 5.74) is -0.976. The number of nitriles is 1. The topological polar surface area (TPSA) is 52.9 Å². The molecule has 1 amide bonds. The SMILES string of the molecule is N#Cc1c(F)cc(Br)c(NC=O)c1F. The largest absolute Gasteiger partial charge is 0.325 e. The third-order valence-corrected chi connectivity index (χ3v) is 2.11. The van der Waals surface area contributed by atoms with Crippen LogP contribution in [0.5, 0.6) is 0 Å². The molecular weight excluding hydrogens is 258 g/mol. The molecule has 0 aliphatic rings. The first-order chi connectivity index (χ1) is 6.61. The number of hydrogen-bond donors (Lipinski definition) is 1. The molecule has 0 bridgehead atoms. The molecule has 0 fully saturated rings. The molecule has 0 spiro atoms. The van der Waals surface area contributed by atoms with Crippen LogP contribution in [0, 0.1) is 23.0 Å². The van der Waals surface area contributed by atoms with E-state index in [1.165, 1.54) is 6.07 Å². The molecule has 0 saturated heterocycles. The summed E-state index contributed by atoms with van der Waals surface area (Å²) in [6.07, 6.45) is 0.238. The quantitative estimate of drug-likeness (QED) is 0.829. The molecular formula is C8H3BrF2N2O. The number of benzene rings is 1. The van der Waals surface area contributed by atoms with Crippen LogP contribution < -0.4 is 5.32 Å². The maximum Gasteiger partial charge on any atom is 0.211 e. The highest BCUT2D eigenvalue weighted by Crippen LogP contribution is 2.29. The van der Waals surface area contributed by atoms with E-state index in [1.807, 2.05) is 5.32 Å². The predicted octanol–water partition coefficient (Wildman–Crippen LogP) is 2.17. The van der Waals surface area contributed by atoms with Crippen molar-refractivity contribution in [2.75, 3.05) is 5.32 Å². The summed E-state index contributed by atoms with van der Waals surface area (Å²) in [6.45, 7) is 0. The molecule has 6 heteroatoms. The summed E-state index contributed by atoms with van der Waals surface area (Å²) in [4.78, 5) is 10.1. The van der Waals surface area contributed by atoms with Crippen LogP contribution in [0.3, 0.4) is 0 Å². The summed E-state index contributed by atoms with van der Waals surface area (Å²) >= 11 is 2.85. The summed E-state index contributed by atoms with van der Waals surface area (Å²) in [5.74, 6) is -2.07. The van der Waals surface area contributed by atoms with Gasteiger partial charge in [0.2, 0.25) is 6.41 Å². The molecule has 72 valence electrons. The molecule has 1 aromatic rings. The van der Waals surface area contributed by atoms with Gasteiger partial charge >= 0.3 is 0 Å². The predicted molar refractivity (Wildman–Crippen MR) is 48.5 cm³/mol. The molecule has 0 aliphatic heterocycles. The lowest BCUT2D eigenvalue weighted by Crippen LogP contribution is -2.02. The highest BCUT2D eigenvalue weighted by atomic mass is 79.9. The monoisotopic (exact) mass is 260 g/mol. The molecule has 0 heterocycles. The van der Waals surface area contributed by atoms with Crippen LogP contribution in [0.2, 0.25) is 0 Å². The van der Waals surface area contributed by atoms with Crippen molar-refractivity contribution in [2.24, 2.45) is 0 Å². The van der Waals surface area contributed by atoms with Crippen molar-refractivity contribution in [1.82, 2.24) is 0 Å². The molecule has 0 radical (unpaired) electrons. The maximum atomic E-state index is 13.3. The van der Waals surface area contributed by atoms with Gasteiger partial charge in [-0.3, -0.25) is 4.79 Å². The first kappa shape index (κ1) is 10.6. The lowest BCUT2D eigenvalue weighted by Gasteiger charge is -2.05. The number of halogens is 3. The number of nitrogens with zero attached hydrogens (tertiary/aromatic N) is 1. The van der Waals surface area contributed by atoms with E-state index in [-0.39, 0.29) is 16.6 Å². The van der Waals surface area contributed by atoms with Crippen molar-refractivity contribution in [3.63, 3.8) is 0 Å². The number of amides is 1. The smallest absolute Gasteiger partial charge is 0.211 e. The number of anilines is 1. The average molecular weight is 261 g/mol. The summed E-state index contributed by atoms with van der Waals surface area (Å²) in [6, 6.07) is 2.27. The van der Waals surface area contributed by atoms with E-state index in [1.54, 1.807) is 0 Å². The maximum absolute atomic E-state index is 13.3. The fraction of sp³-hybridized carbons (Fsp3) is 0. The number of rotatable bonds is 2. The van der Waals surface area contributed by atoms with E-state index in [2.05, 4.69) is 15.9 Å². The molecule has 1 rings (SSSR count). The Labute approximate surface area is 86.5 Å². The van der Waals surface area contributed by atoms with Crippen LogP contribution >= 0.6 is 15.9 Å². The van der Waals surface area contributed by atoms with Gasteiger partial charge < -0.3 is 5.32 Å². The van der Waals surface area contributed by atoms with Crippen LogP contribution in [0.4, 0.5) is 14.5 Å². The van der Waals surface area contributed by atoms with Crippen molar-refractivity contribution >= 4 is 28.0 Å². The molecule has 0 saturated carbocycles. The Morgan fingerprint density at radius 2 is 2.21 bits per heavy atom. The normalized spacial score (nSPS) is 9.29. The minimum atomic E-state index is -1.09. The van der Waals surface area contributed by atoms with Crippen LogP contribution in [-0.2, 0) is 4.79 Å². The Morgan fingerprint density at radius 1 is 1.57 bits per heavy atom. The van der Waals surface area contributed by atoms with Crippen LogP contribution in [0.15, 0.2) is 10.5 Å². The standard InChI is InChI=1S/C8H3BrF2N2O/c9-5-1-6(10)4(2-12)7(11)8(5)13-3-14/h1,3H,(H,13,14). The fourth-order valence-electron chi connectivity index (χ4n) is 0.884. The average Bonchev–Trinajstić information content (AvgIpc) is 2.12. The first-order valence-corrected chi connectivity index (χ1v) is 4.19. The van der Waals surface area contributed by atoms with Crippen molar-refractivity contribution in [1.29, 1.82) is 5.26 Å². The Morgan fingerprint density at radius 3 is 2.71 bits per heavy atom. The van der Waals surface area contributed by atoms with Gasteiger partial charge in [-0.25, -0.2) is 8.78 Å². The second-order valence-electron chi connectivity index (χ2n) is 2.28. The Bertz CT molecular complexity index is 428.